The van der Waals surface area contributed by atoms with Crippen LogP contribution in [0.3, 0.4) is 0 Å². The first kappa shape index (κ1) is 16.7. The van der Waals surface area contributed by atoms with Crippen molar-refractivity contribution in [1.29, 1.82) is 0 Å². The first-order chi connectivity index (χ1) is 11.0. The van der Waals surface area contributed by atoms with Crippen molar-refractivity contribution in [3.8, 4) is 0 Å². The Bertz CT molecular complexity index is 684. The minimum atomic E-state index is -0.383. The predicted molar refractivity (Wildman–Crippen MR) is 87.5 cm³/mol. The number of halogens is 1. The van der Waals surface area contributed by atoms with Crippen molar-refractivity contribution in [1.82, 2.24) is 5.32 Å². The molecule has 2 N–H and O–H groups in total. The SMILES string of the molecule is Cc1ccc(NC(=O)CC(=O)NCCc2ccccc2F)cc1. The van der Waals surface area contributed by atoms with Gasteiger partial charge in [-0.25, -0.2) is 4.39 Å². The fourth-order valence-electron chi connectivity index (χ4n) is 2.09. The minimum Gasteiger partial charge on any atom is -0.355 e. The van der Waals surface area contributed by atoms with Crippen LogP contribution in [0.5, 0.6) is 0 Å². The second-order valence-electron chi connectivity index (χ2n) is 5.28. The number of carbonyl (C=O) groups is 2. The predicted octanol–water partition coefficient (Wildman–Crippen LogP) is 2.82. The van der Waals surface area contributed by atoms with Crippen LogP contribution in [-0.4, -0.2) is 18.4 Å². The van der Waals surface area contributed by atoms with Crippen LogP contribution < -0.4 is 10.6 Å². The van der Waals surface area contributed by atoms with Crippen LogP contribution in [0.15, 0.2) is 48.5 Å². The van der Waals surface area contributed by atoms with Crippen LogP contribution in [0.2, 0.25) is 0 Å². The summed E-state index contributed by atoms with van der Waals surface area (Å²) >= 11 is 0. The van der Waals surface area contributed by atoms with Crippen LogP contribution in [0, 0.1) is 12.7 Å². The van der Waals surface area contributed by atoms with Gasteiger partial charge in [0.15, 0.2) is 0 Å². The van der Waals surface area contributed by atoms with Gasteiger partial charge >= 0.3 is 0 Å². The average molecular weight is 314 g/mol. The first-order valence-corrected chi connectivity index (χ1v) is 7.41. The lowest BCUT2D eigenvalue weighted by Crippen LogP contribution is -2.29. The van der Waals surface area contributed by atoms with E-state index in [1.54, 1.807) is 30.3 Å². The number of hydrogen-bond acceptors (Lipinski definition) is 2. The maximum Gasteiger partial charge on any atom is 0.233 e. The van der Waals surface area contributed by atoms with E-state index in [-0.39, 0.29) is 30.6 Å². The smallest absolute Gasteiger partial charge is 0.233 e. The molecule has 0 fully saturated rings. The summed E-state index contributed by atoms with van der Waals surface area (Å²) in [5, 5.41) is 5.28. The molecule has 0 heterocycles. The van der Waals surface area contributed by atoms with Crippen LogP contribution in [0.4, 0.5) is 10.1 Å². The molecule has 4 nitrogen and oxygen atoms in total. The van der Waals surface area contributed by atoms with Crippen molar-refractivity contribution in [2.75, 3.05) is 11.9 Å². The van der Waals surface area contributed by atoms with Gasteiger partial charge in [-0.2, -0.15) is 0 Å². The van der Waals surface area contributed by atoms with E-state index < -0.39 is 0 Å². The Morgan fingerprint density at radius 3 is 2.39 bits per heavy atom. The van der Waals surface area contributed by atoms with E-state index in [2.05, 4.69) is 10.6 Å². The summed E-state index contributed by atoms with van der Waals surface area (Å²) < 4.78 is 13.4. The first-order valence-electron chi connectivity index (χ1n) is 7.41. The molecule has 120 valence electrons. The molecule has 2 aromatic carbocycles. The molecule has 0 aliphatic rings. The van der Waals surface area contributed by atoms with Gasteiger partial charge in [0.1, 0.15) is 12.2 Å². The molecule has 5 heteroatoms. The maximum absolute atomic E-state index is 13.4. The number of anilines is 1. The molecule has 0 atom stereocenters. The van der Waals surface area contributed by atoms with E-state index in [1.807, 2.05) is 19.1 Å². The lowest BCUT2D eigenvalue weighted by atomic mass is 10.1. The van der Waals surface area contributed by atoms with Gasteiger partial charge in [-0.15, -0.1) is 0 Å². The molecule has 2 rings (SSSR count). The zero-order valence-electron chi connectivity index (χ0n) is 12.9. The highest BCUT2D eigenvalue weighted by atomic mass is 19.1. The van der Waals surface area contributed by atoms with Gasteiger partial charge in [-0.05, 0) is 37.1 Å². The molecule has 0 radical (unpaired) electrons. The number of benzene rings is 2. The third kappa shape index (κ3) is 5.54. The second-order valence-corrected chi connectivity index (χ2v) is 5.28. The van der Waals surface area contributed by atoms with E-state index in [4.69, 9.17) is 0 Å². The van der Waals surface area contributed by atoms with Gasteiger partial charge in [0, 0.05) is 12.2 Å². The van der Waals surface area contributed by atoms with Crippen LogP contribution in [0.25, 0.3) is 0 Å². The van der Waals surface area contributed by atoms with E-state index in [0.29, 0.717) is 17.7 Å². The third-order valence-corrected chi connectivity index (χ3v) is 3.33. The number of nitrogens with one attached hydrogen (secondary N) is 2. The fourth-order valence-corrected chi connectivity index (χ4v) is 2.09. The quantitative estimate of drug-likeness (QED) is 0.806. The van der Waals surface area contributed by atoms with Gasteiger partial charge in [0.2, 0.25) is 11.8 Å². The zero-order valence-corrected chi connectivity index (χ0v) is 12.9. The molecular formula is C18H19FN2O2. The molecule has 2 amide bonds. The molecule has 0 spiro atoms. The normalized spacial score (nSPS) is 10.2. The molecule has 0 aliphatic carbocycles. The number of amides is 2. The van der Waals surface area contributed by atoms with Crippen molar-refractivity contribution in [3.63, 3.8) is 0 Å². The summed E-state index contributed by atoms with van der Waals surface area (Å²) in [4.78, 5) is 23.5. The van der Waals surface area contributed by atoms with E-state index >= 15 is 0 Å². The van der Waals surface area contributed by atoms with Crippen LogP contribution in [0.1, 0.15) is 17.5 Å². The fraction of sp³-hybridized carbons (Fsp3) is 0.222. The Balaban J connectivity index is 1.73. The van der Waals surface area contributed by atoms with E-state index in [9.17, 15) is 14.0 Å². The summed E-state index contributed by atoms with van der Waals surface area (Å²) in [7, 11) is 0. The Hall–Kier alpha value is -2.69. The lowest BCUT2D eigenvalue weighted by molar-refractivity contribution is -0.126. The number of hydrogen-bond donors (Lipinski definition) is 2. The van der Waals surface area contributed by atoms with Gasteiger partial charge in [-0.1, -0.05) is 35.9 Å². The van der Waals surface area contributed by atoms with Crippen molar-refractivity contribution in [2.24, 2.45) is 0 Å². The van der Waals surface area contributed by atoms with Gasteiger partial charge < -0.3 is 10.6 Å². The largest absolute Gasteiger partial charge is 0.355 e. The molecule has 0 saturated heterocycles. The van der Waals surface area contributed by atoms with Gasteiger partial charge in [-0.3, -0.25) is 9.59 Å². The molecule has 0 saturated carbocycles. The van der Waals surface area contributed by atoms with Crippen LogP contribution in [-0.2, 0) is 16.0 Å². The highest BCUT2D eigenvalue weighted by Crippen LogP contribution is 2.09. The molecule has 0 aromatic heterocycles. The van der Waals surface area contributed by atoms with Crippen molar-refractivity contribution in [2.45, 2.75) is 19.8 Å². The minimum absolute atomic E-state index is 0.259. The topological polar surface area (TPSA) is 58.2 Å². The molecule has 2 aromatic rings. The lowest BCUT2D eigenvalue weighted by Gasteiger charge is -2.07. The van der Waals surface area contributed by atoms with E-state index in [0.717, 1.165) is 5.56 Å². The Morgan fingerprint density at radius 1 is 1.00 bits per heavy atom. The highest BCUT2D eigenvalue weighted by molar-refractivity contribution is 6.03. The molecule has 0 unspecified atom stereocenters. The number of rotatable bonds is 6. The summed E-state index contributed by atoms with van der Waals surface area (Å²) in [6, 6.07) is 13.7. The summed E-state index contributed by atoms with van der Waals surface area (Å²) in [5.41, 5.74) is 2.28. The van der Waals surface area contributed by atoms with Crippen LogP contribution >= 0.6 is 0 Å². The Morgan fingerprint density at radius 2 is 1.70 bits per heavy atom. The monoisotopic (exact) mass is 314 g/mol. The molecule has 0 aliphatic heterocycles. The Kier molecular flexibility index (Phi) is 5.86. The van der Waals surface area contributed by atoms with Crippen molar-refractivity contribution < 1.29 is 14.0 Å². The molecule has 0 bridgehead atoms. The molecular weight excluding hydrogens is 295 g/mol. The van der Waals surface area contributed by atoms with E-state index in [1.165, 1.54) is 6.07 Å². The van der Waals surface area contributed by atoms with Crippen molar-refractivity contribution in [3.05, 3.63) is 65.5 Å². The standard InChI is InChI=1S/C18H19FN2O2/c1-13-6-8-15(9-7-13)21-18(23)12-17(22)20-11-10-14-4-2-3-5-16(14)19/h2-9H,10-12H2,1H3,(H,20,22)(H,21,23). The summed E-state index contributed by atoms with van der Waals surface area (Å²) in [6.07, 6.45) is 0.128. The Labute approximate surface area is 134 Å². The maximum atomic E-state index is 13.4. The summed E-state index contributed by atoms with van der Waals surface area (Å²) in [6.45, 7) is 2.24. The summed E-state index contributed by atoms with van der Waals surface area (Å²) in [5.74, 6) is -1.05. The number of carbonyl (C=O) groups excluding carboxylic acids is 2. The highest BCUT2D eigenvalue weighted by Gasteiger charge is 2.09. The average Bonchev–Trinajstić information content (AvgIpc) is 2.51. The molecule has 23 heavy (non-hydrogen) atoms. The van der Waals surface area contributed by atoms with Crippen molar-refractivity contribution >= 4 is 17.5 Å². The zero-order chi connectivity index (χ0) is 16.7. The third-order valence-electron chi connectivity index (χ3n) is 3.33. The van der Waals surface area contributed by atoms with Gasteiger partial charge in [0.05, 0.1) is 0 Å². The van der Waals surface area contributed by atoms with Gasteiger partial charge in [0.25, 0.3) is 0 Å². The second kappa shape index (κ2) is 8.08. The number of aryl methyl sites for hydroxylation is 1.